The van der Waals surface area contributed by atoms with Crippen molar-refractivity contribution < 1.29 is 9.90 Å². The van der Waals surface area contributed by atoms with Gasteiger partial charge in [0, 0.05) is 11.7 Å². The molecule has 17 heavy (non-hydrogen) atoms. The van der Waals surface area contributed by atoms with Gasteiger partial charge in [-0.1, -0.05) is 20.8 Å². The molecular weight excluding hydrogens is 216 g/mol. The van der Waals surface area contributed by atoms with Gasteiger partial charge in [-0.2, -0.15) is 0 Å². The standard InChI is InChI=1S/C13H20N2O2/c1-4-13(5-2,6-3)15-12(17)10-7-8-14-9-11(10)16/h7-9,16H,4-6H2,1-3H3,(H,15,17). The van der Waals surface area contributed by atoms with E-state index in [1.54, 1.807) is 0 Å². The predicted molar refractivity (Wildman–Crippen MR) is 67.0 cm³/mol. The molecule has 1 rings (SSSR count). The number of aromatic nitrogens is 1. The number of rotatable bonds is 5. The minimum absolute atomic E-state index is 0.0813. The molecule has 94 valence electrons. The Bertz CT molecular complexity index is 378. The molecule has 0 aliphatic carbocycles. The Morgan fingerprint density at radius 1 is 1.35 bits per heavy atom. The predicted octanol–water partition coefficient (Wildman–Crippen LogP) is 2.49. The van der Waals surface area contributed by atoms with E-state index in [1.807, 2.05) is 0 Å². The topological polar surface area (TPSA) is 62.2 Å². The molecule has 0 saturated heterocycles. The van der Waals surface area contributed by atoms with Crippen LogP contribution in [0.3, 0.4) is 0 Å². The molecule has 1 aromatic heterocycles. The van der Waals surface area contributed by atoms with Gasteiger partial charge in [-0.15, -0.1) is 0 Å². The number of nitrogens with one attached hydrogen (secondary N) is 1. The van der Waals surface area contributed by atoms with Gasteiger partial charge in [0.05, 0.1) is 11.8 Å². The van der Waals surface area contributed by atoms with Gasteiger partial charge in [0.1, 0.15) is 5.75 Å². The number of carbonyl (C=O) groups is 1. The maximum Gasteiger partial charge on any atom is 0.255 e. The van der Waals surface area contributed by atoms with Crippen LogP contribution in [0, 0.1) is 0 Å². The summed E-state index contributed by atoms with van der Waals surface area (Å²) < 4.78 is 0. The van der Waals surface area contributed by atoms with Gasteiger partial charge in [0.15, 0.2) is 0 Å². The first-order valence-corrected chi connectivity index (χ1v) is 6.04. The van der Waals surface area contributed by atoms with Crippen LogP contribution in [0.5, 0.6) is 5.75 Å². The lowest BCUT2D eigenvalue weighted by Gasteiger charge is -2.31. The highest BCUT2D eigenvalue weighted by Crippen LogP contribution is 2.21. The Labute approximate surface area is 102 Å². The van der Waals surface area contributed by atoms with Crippen molar-refractivity contribution in [3.05, 3.63) is 24.0 Å². The van der Waals surface area contributed by atoms with Crippen LogP contribution in [0.1, 0.15) is 50.4 Å². The number of nitrogens with zero attached hydrogens (tertiary/aromatic N) is 1. The SMILES string of the molecule is CCC(CC)(CC)NC(=O)c1ccncc1O. The normalized spacial score (nSPS) is 11.2. The van der Waals surface area contributed by atoms with Crippen molar-refractivity contribution in [2.75, 3.05) is 0 Å². The third kappa shape index (κ3) is 2.96. The molecule has 1 heterocycles. The van der Waals surface area contributed by atoms with Crippen molar-refractivity contribution in [1.82, 2.24) is 10.3 Å². The Kier molecular flexibility index (Phi) is 4.49. The summed E-state index contributed by atoms with van der Waals surface area (Å²) in [5.41, 5.74) is 0.0898. The molecule has 0 saturated carbocycles. The summed E-state index contributed by atoms with van der Waals surface area (Å²) in [6, 6.07) is 1.52. The fourth-order valence-corrected chi connectivity index (χ4v) is 1.90. The lowest BCUT2D eigenvalue weighted by molar-refractivity contribution is 0.0885. The highest BCUT2D eigenvalue weighted by atomic mass is 16.3. The largest absolute Gasteiger partial charge is 0.505 e. The second-order valence-corrected chi connectivity index (χ2v) is 4.19. The smallest absolute Gasteiger partial charge is 0.255 e. The van der Waals surface area contributed by atoms with Crippen LogP contribution in [0.15, 0.2) is 18.5 Å². The third-order valence-corrected chi connectivity index (χ3v) is 3.45. The van der Waals surface area contributed by atoms with Gasteiger partial charge >= 0.3 is 0 Å². The Morgan fingerprint density at radius 2 is 1.94 bits per heavy atom. The molecule has 0 unspecified atom stereocenters. The average Bonchev–Trinajstić information content (AvgIpc) is 2.36. The number of pyridine rings is 1. The molecule has 0 fully saturated rings. The molecule has 2 N–H and O–H groups in total. The maximum atomic E-state index is 12.1. The monoisotopic (exact) mass is 236 g/mol. The van der Waals surface area contributed by atoms with Gasteiger partial charge in [-0.3, -0.25) is 9.78 Å². The molecule has 0 aliphatic rings. The van der Waals surface area contributed by atoms with Crippen molar-refractivity contribution in [3.8, 4) is 5.75 Å². The van der Waals surface area contributed by atoms with Crippen LogP contribution in [0.4, 0.5) is 0 Å². The molecule has 1 amide bonds. The van der Waals surface area contributed by atoms with Crippen LogP contribution in [-0.4, -0.2) is 21.5 Å². The lowest BCUT2D eigenvalue weighted by Crippen LogP contribution is -2.47. The van der Waals surface area contributed by atoms with E-state index in [0.717, 1.165) is 19.3 Å². The van der Waals surface area contributed by atoms with Gasteiger partial charge < -0.3 is 10.4 Å². The Hall–Kier alpha value is -1.58. The number of hydrogen-bond donors (Lipinski definition) is 2. The zero-order valence-corrected chi connectivity index (χ0v) is 10.7. The van der Waals surface area contributed by atoms with Crippen molar-refractivity contribution in [2.45, 2.75) is 45.6 Å². The van der Waals surface area contributed by atoms with Crippen LogP contribution in [0.25, 0.3) is 0 Å². The molecule has 0 radical (unpaired) electrons. The molecule has 4 nitrogen and oxygen atoms in total. The summed E-state index contributed by atoms with van der Waals surface area (Å²) in [7, 11) is 0. The van der Waals surface area contributed by atoms with Gasteiger partial charge in [0.2, 0.25) is 0 Å². The van der Waals surface area contributed by atoms with Gasteiger partial charge in [-0.25, -0.2) is 0 Å². The number of hydrogen-bond acceptors (Lipinski definition) is 3. The summed E-state index contributed by atoms with van der Waals surface area (Å²) in [6.45, 7) is 6.17. The first-order valence-electron chi connectivity index (χ1n) is 6.04. The first-order chi connectivity index (χ1) is 8.08. The molecule has 0 aromatic carbocycles. The van der Waals surface area contributed by atoms with Gasteiger partial charge in [-0.05, 0) is 25.3 Å². The summed E-state index contributed by atoms with van der Waals surface area (Å²) >= 11 is 0. The summed E-state index contributed by atoms with van der Waals surface area (Å²) in [6.07, 6.45) is 5.40. The zero-order valence-electron chi connectivity index (χ0n) is 10.7. The Morgan fingerprint density at radius 3 is 2.41 bits per heavy atom. The van der Waals surface area contributed by atoms with E-state index in [-0.39, 0.29) is 22.8 Å². The van der Waals surface area contributed by atoms with Crippen molar-refractivity contribution in [3.63, 3.8) is 0 Å². The van der Waals surface area contributed by atoms with Crippen LogP contribution in [0.2, 0.25) is 0 Å². The molecule has 1 aromatic rings. The third-order valence-electron chi connectivity index (χ3n) is 3.45. The minimum atomic E-state index is -0.240. The van der Waals surface area contributed by atoms with E-state index in [0.29, 0.717) is 0 Å². The van der Waals surface area contributed by atoms with Crippen molar-refractivity contribution in [2.24, 2.45) is 0 Å². The first kappa shape index (κ1) is 13.5. The fraction of sp³-hybridized carbons (Fsp3) is 0.538. The van der Waals surface area contributed by atoms with E-state index < -0.39 is 0 Å². The molecule has 0 bridgehead atoms. The second kappa shape index (κ2) is 5.66. The van der Waals surface area contributed by atoms with E-state index in [9.17, 15) is 9.90 Å². The van der Waals surface area contributed by atoms with Gasteiger partial charge in [0.25, 0.3) is 5.91 Å². The molecule has 0 atom stereocenters. The van der Waals surface area contributed by atoms with E-state index in [2.05, 4.69) is 31.1 Å². The van der Waals surface area contributed by atoms with Crippen LogP contribution < -0.4 is 5.32 Å². The molecule has 0 aliphatic heterocycles. The number of aromatic hydroxyl groups is 1. The lowest BCUT2D eigenvalue weighted by atomic mass is 9.89. The average molecular weight is 236 g/mol. The van der Waals surface area contributed by atoms with E-state index >= 15 is 0 Å². The number of amides is 1. The molecule has 0 spiro atoms. The highest BCUT2D eigenvalue weighted by Gasteiger charge is 2.27. The Balaban J connectivity index is 2.89. The van der Waals surface area contributed by atoms with Crippen LogP contribution >= 0.6 is 0 Å². The zero-order chi connectivity index (χ0) is 12.9. The number of carbonyl (C=O) groups excluding carboxylic acids is 1. The summed E-state index contributed by atoms with van der Waals surface area (Å²) in [5.74, 6) is -0.322. The van der Waals surface area contributed by atoms with Crippen molar-refractivity contribution in [1.29, 1.82) is 0 Å². The van der Waals surface area contributed by atoms with Crippen molar-refractivity contribution >= 4 is 5.91 Å². The maximum absolute atomic E-state index is 12.1. The van der Waals surface area contributed by atoms with E-state index in [1.165, 1.54) is 18.5 Å². The highest BCUT2D eigenvalue weighted by molar-refractivity contribution is 5.97. The van der Waals surface area contributed by atoms with E-state index in [4.69, 9.17) is 0 Å². The molecular formula is C13H20N2O2. The quantitative estimate of drug-likeness (QED) is 0.825. The molecule has 4 heteroatoms. The fourth-order valence-electron chi connectivity index (χ4n) is 1.90. The minimum Gasteiger partial charge on any atom is -0.505 e. The second-order valence-electron chi connectivity index (χ2n) is 4.19. The summed E-state index contributed by atoms with van der Waals surface area (Å²) in [4.78, 5) is 15.8. The summed E-state index contributed by atoms with van der Waals surface area (Å²) in [5, 5.41) is 12.6. The van der Waals surface area contributed by atoms with Crippen LogP contribution in [-0.2, 0) is 0 Å².